The molecule has 0 aliphatic heterocycles. The molecule has 0 saturated carbocycles. The highest BCUT2D eigenvalue weighted by molar-refractivity contribution is 5.66. The lowest BCUT2D eigenvalue weighted by molar-refractivity contribution is -0.137. The van der Waals surface area contributed by atoms with Crippen LogP contribution in [0.15, 0.2) is 12.2 Å². The van der Waals surface area contributed by atoms with Crippen LogP contribution in [0.1, 0.15) is 46.5 Å². The standard InChI is InChI=1S/C11H20O2/c1-11(2,3)9-7-5-4-6-8-10(12)13/h7,9H,4-6,8H2,1-3H3,(H,12,13)/b9-7+. The van der Waals surface area contributed by atoms with Gasteiger partial charge in [-0.3, -0.25) is 4.79 Å². The zero-order chi connectivity index (χ0) is 10.3. The summed E-state index contributed by atoms with van der Waals surface area (Å²) in [6, 6.07) is 0. The van der Waals surface area contributed by atoms with Crippen molar-refractivity contribution < 1.29 is 9.90 Å². The molecule has 13 heavy (non-hydrogen) atoms. The van der Waals surface area contributed by atoms with Crippen molar-refractivity contribution in [2.75, 3.05) is 0 Å². The lowest BCUT2D eigenvalue weighted by Gasteiger charge is -2.10. The molecule has 0 heterocycles. The SMILES string of the molecule is CC(C)(C)/C=C/CCCCC(=O)O. The second kappa shape index (κ2) is 5.79. The van der Waals surface area contributed by atoms with Crippen molar-refractivity contribution in [2.45, 2.75) is 46.5 Å². The summed E-state index contributed by atoms with van der Waals surface area (Å²) in [6.07, 6.45) is 7.35. The minimum atomic E-state index is -0.695. The minimum Gasteiger partial charge on any atom is -0.481 e. The van der Waals surface area contributed by atoms with E-state index in [9.17, 15) is 4.79 Å². The lowest BCUT2D eigenvalue weighted by atomic mass is 9.96. The van der Waals surface area contributed by atoms with E-state index in [-0.39, 0.29) is 5.41 Å². The van der Waals surface area contributed by atoms with Crippen LogP contribution < -0.4 is 0 Å². The Morgan fingerprint density at radius 3 is 2.38 bits per heavy atom. The van der Waals surface area contributed by atoms with Gasteiger partial charge in [0.1, 0.15) is 0 Å². The Morgan fingerprint density at radius 1 is 1.31 bits per heavy atom. The number of carboxylic acids is 1. The number of hydrogen-bond acceptors (Lipinski definition) is 1. The summed E-state index contributed by atoms with van der Waals surface area (Å²) in [5.41, 5.74) is 0.243. The van der Waals surface area contributed by atoms with Crippen molar-refractivity contribution in [3.05, 3.63) is 12.2 Å². The Balaban J connectivity index is 3.36. The van der Waals surface area contributed by atoms with Gasteiger partial charge in [-0.25, -0.2) is 0 Å². The summed E-state index contributed by atoms with van der Waals surface area (Å²) >= 11 is 0. The molecule has 0 spiro atoms. The molecule has 2 heteroatoms. The number of unbranched alkanes of at least 4 members (excludes halogenated alkanes) is 2. The maximum Gasteiger partial charge on any atom is 0.303 e. The summed E-state index contributed by atoms with van der Waals surface area (Å²) < 4.78 is 0. The summed E-state index contributed by atoms with van der Waals surface area (Å²) in [6.45, 7) is 6.46. The Morgan fingerprint density at radius 2 is 1.92 bits per heavy atom. The highest BCUT2D eigenvalue weighted by Gasteiger charge is 2.02. The van der Waals surface area contributed by atoms with E-state index in [4.69, 9.17) is 5.11 Å². The van der Waals surface area contributed by atoms with Gasteiger partial charge in [0, 0.05) is 6.42 Å². The van der Waals surface area contributed by atoms with E-state index in [1.807, 2.05) is 0 Å². The number of hydrogen-bond donors (Lipinski definition) is 1. The maximum absolute atomic E-state index is 10.2. The number of carboxylic acid groups (broad SMARTS) is 1. The van der Waals surface area contributed by atoms with Gasteiger partial charge in [-0.15, -0.1) is 0 Å². The van der Waals surface area contributed by atoms with Gasteiger partial charge in [0.05, 0.1) is 0 Å². The first kappa shape index (κ1) is 12.2. The first-order valence-electron chi connectivity index (χ1n) is 4.81. The molecular weight excluding hydrogens is 164 g/mol. The molecule has 0 rings (SSSR count). The number of allylic oxidation sites excluding steroid dienone is 2. The van der Waals surface area contributed by atoms with E-state index in [0.717, 1.165) is 19.3 Å². The van der Waals surface area contributed by atoms with Gasteiger partial charge in [-0.1, -0.05) is 32.9 Å². The van der Waals surface area contributed by atoms with E-state index in [1.165, 1.54) is 0 Å². The molecule has 0 unspecified atom stereocenters. The van der Waals surface area contributed by atoms with Crippen molar-refractivity contribution in [1.82, 2.24) is 0 Å². The van der Waals surface area contributed by atoms with E-state index >= 15 is 0 Å². The van der Waals surface area contributed by atoms with Crippen molar-refractivity contribution in [1.29, 1.82) is 0 Å². The molecule has 0 radical (unpaired) electrons. The third kappa shape index (κ3) is 11.2. The summed E-state index contributed by atoms with van der Waals surface area (Å²) in [4.78, 5) is 10.2. The normalized spacial score (nSPS) is 12.2. The molecule has 0 saturated heterocycles. The smallest absolute Gasteiger partial charge is 0.303 e. The third-order valence-corrected chi connectivity index (χ3v) is 1.63. The number of rotatable bonds is 5. The molecule has 2 nitrogen and oxygen atoms in total. The second-order valence-corrected chi connectivity index (χ2v) is 4.41. The van der Waals surface area contributed by atoms with Crippen LogP contribution in [0.2, 0.25) is 0 Å². The van der Waals surface area contributed by atoms with E-state index in [1.54, 1.807) is 0 Å². The first-order valence-corrected chi connectivity index (χ1v) is 4.81. The van der Waals surface area contributed by atoms with Crippen molar-refractivity contribution in [3.63, 3.8) is 0 Å². The molecule has 0 aromatic heterocycles. The summed E-state index contributed by atoms with van der Waals surface area (Å²) in [5.74, 6) is -0.695. The maximum atomic E-state index is 10.2. The van der Waals surface area contributed by atoms with Crippen LogP contribution >= 0.6 is 0 Å². The average molecular weight is 184 g/mol. The molecule has 0 fully saturated rings. The Labute approximate surface area is 80.7 Å². The van der Waals surface area contributed by atoms with E-state index in [0.29, 0.717) is 6.42 Å². The molecule has 0 bridgehead atoms. The average Bonchev–Trinajstić information content (AvgIpc) is 1.93. The fourth-order valence-corrected chi connectivity index (χ4v) is 0.975. The van der Waals surface area contributed by atoms with Crippen LogP contribution in [0.5, 0.6) is 0 Å². The van der Waals surface area contributed by atoms with Gasteiger partial charge in [0.2, 0.25) is 0 Å². The Bertz CT molecular complexity index is 175. The Kier molecular flexibility index (Phi) is 5.44. The fraction of sp³-hybridized carbons (Fsp3) is 0.727. The molecule has 1 N–H and O–H groups in total. The van der Waals surface area contributed by atoms with Crippen LogP contribution in [0.3, 0.4) is 0 Å². The van der Waals surface area contributed by atoms with Crippen LogP contribution in [-0.4, -0.2) is 11.1 Å². The zero-order valence-electron chi connectivity index (χ0n) is 8.84. The van der Waals surface area contributed by atoms with Crippen molar-refractivity contribution >= 4 is 5.97 Å². The van der Waals surface area contributed by atoms with Crippen molar-refractivity contribution in [2.24, 2.45) is 5.41 Å². The molecule has 0 aromatic rings. The topological polar surface area (TPSA) is 37.3 Å². The summed E-state index contributed by atoms with van der Waals surface area (Å²) in [7, 11) is 0. The fourth-order valence-electron chi connectivity index (χ4n) is 0.975. The van der Waals surface area contributed by atoms with E-state index < -0.39 is 5.97 Å². The monoisotopic (exact) mass is 184 g/mol. The largest absolute Gasteiger partial charge is 0.481 e. The molecule has 0 aliphatic rings. The van der Waals surface area contributed by atoms with Crippen LogP contribution in [0, 0.1) is 5.41 Å². The van der Waals surface area contributed by atoms with Crippen LogP contribution in [-0.2, 0) is 4.79 Å². The molecule has 0 aliphatic carbocycles. The summed E-state index contributed by atoms with van der Waals surface area (Å²) in [5, 5.41) is 8.38. The molecule has 0 aromatic carbocycles. The molecule has 0 atom stereocenters. The Hall–Kier alpha value is -0.790. The highest BCUT2D eigenvalue weighted by atomic mass is 16.4. The quantitative estimate of drug-likeness (QED) is 0.526. The molecule has 0 amide bonds. The predicted octanol–water partition coefficient (Wildman–Crippen LogP) is 3.23. The second-order valence-electron chi connectivity index (χ2n) is 4.41. The number of carbonyl (C=O) groups is 1. The minimum absolute atomic E-state index is 0.243. The van der Waals surface area contributed by atoms with Gasteiger partial charge in [-0.2, -0.15) is 0 Å². The van der Waals surface area contributed by atoms with Crippen LogP contribution in [0.25, 0.3) is 0 Å². The van der Waals surface area contributed by atoms with Gasteiger partial charge in [0.15, 0.2) is 0 Å². The molecular formula is C11H20O2. The third-order valence-electron chi connectivity index (χ3n) is 1.63. The van der Waals surface area contributed by atoms with Gasteiger partial charge in [-0.05, 0) is 24.7 Å². The van der Waals surface area contributed by atoms with Crippen LogP contribution in [0.4, 0.5) is 0 Å². The zero-order valence-corrected chi connectivity index (χ0v) is 8.84. The highest BCUT2D eigenvalue weighted by Crippen LogP contribution is 2.15. The van der Waals surface area contributed by atoms with Gasteiger partial charge >= 0.3 is 5.97 Å². The van der Waals surface area contributed by atoms with Gasteiger partial charge < -0.3 is 5.11 Å². The predicted molar refractivity (Wildman–Crippen MR) is 54.7 cm³/mol. The number of aliphatic carboxylic acids is 1. The molecule has 76 valence electrons. The van der Waals surface area contributed by atoms with Crippen molar-refractivity contribution in [3.8, 4) is 0 Å². The first-order chi connectivity index (χ1) is 5.92. The van der Waals surface area contributed by atoms with E-state index in [2.05, 4.69) is 32.9 Å². The van der Waals surface area contributed by atoms with Gasteiger partial charge in [0.25, 0.3) is 0 Å². The lowest BCUT2D eigenvalue weighted by Crippen LogP contribution is -1.98.